The Kier molecular flexibility index (Phi) is 5.28. The van der Waals surface area contributed by atoms with E-state index in [0.717, 1.165) is 6.07 Å². The molecule has 0 aliphatic carbocycles. The lowest BCUT2D eigenvalue weighted by molar-refractivity contribution is -0.137. The summed E-state index contributed by atoms with van der Waals surface area (Å²) in [6, 6.07) is 3.69. The minimum atomic E-state index is -4.41. The van der Waals surface area contributed by atoms with Gasteiger partial charge in [0.1, 0.15) is 0 Å². The molecule has 0 bridgehead atoms. The Balaban J connectivity index is 0.00000162. The number of halogens is 5. The van der Waals surface area contributed by atoms with Gasteiger partial charge in [-0.3, -0.25) is 0 Å². The summed E-state index contributed by atoms with van der Waals surface area (Å²) in [6.45, 7) is 1.75. The Bertz CT molecular complexity index is 406. The topological polar surface area (TPSA) is 21.3 Å². The first kappa shape index (κ1) is 15.6. The predicted molar refractivity (Wildman–Crippen MR) is 65.3 cm³/mol. The zero-order valence-electron chi connectivity index (χ0n) is 9.26. The van der Waals surface area contributed by atoms with Gasteiger partial charge in [0.15, 0.2) is 0 Å². The molecule has 0 unspecified atom stereocenters. The number of benzene rings is 1. The number of hydrogen-bond donors (Lipinski definition) is 1. The van der Waals surface area contributed by atoms with Crippen molar-refractivity contribution in [1.82, 2.24) is 5.32 Å². The summed E-state index contributed by atoms with van der Waals surface area (Å²) in [5.74, 6) is 0. The summed E-state index contributed by atoms with van der Waals surface area (Å²) >= 11 is 5.64. The van der Waals surface area contributed by atoms with E-state index < -0.39 is 11.7 Å². The zero-order valence-corrected chi connectivity index (χ0v) is 10.8. The van der Waals surface area contributed by atoms with Crippen molar-refractivity contribution >= 4 is 24.0 Å². The standard InChI is InChI=1S/C11H11ClF3NO.ClH/c12-9-5-7(10-6-17-4-3-16-10)1-2-8(9)11(13,14)15;/h1-2,5,10,16H,3-4,6H2;1H/t10-;/m1./s1. The summed E-state index contributed by atoms with van der Waals surface area (Å²) in [6.07, 6.45) is -4.41. The Morgan fingerprint density at radius 1 is 1.33 bits per heavy atom. The van der Waals surface area contributed by atoms with E-state index in [2.05, 4.69) is 5.32 Å². The Hall–Kier alpha value is -0.490. The molecule has 0 aromatic heterocycles. The van der Waals surface area contributed by atoms with Crippen molar-refractivity contribution < 1.29 is 17.9 Å². The first-order valence-corrected chi connectivity index (χ1v) is 5.54. The number of morpholine rings is 1. The van der Waals surface area contributed by atoms with Gasteiger partial charge in [-0.15, -0.1) is 12.4 Å². The smallest absolute Gasteiger partial charge is 0.378 e. The van der Waals surface area contributed by atoms with Crippen molar-refractivity contribution in [3.63, 3.8) is 0 Å². The van der Waals surface area contributed by atoms with Crippen molar-refractivity contribution in [2.24, 2.45) is 0 Å². The van der Waals surface area contributed by atoms with Crippen LogP contribution in [-0.2, 0) is 10.9 Å². The number of ether oxygens (including phenoxy) is 1. The van der Waals surface area contributed by atoms with E-state index in [4.69, 9.17) is 16.3 Å². The van der Waals surface area contributed by atoms with Crippen LogP contribution in [-0.4, -0.2) is 19.8 Å². The highest BCUT2D eigenvalue weighted by Crippen LogP contribution is 2.35. The largest absolute Gasteiger partial charge is 0.417 e. The molecule has 7 heteroatoms. The van der Waals surface area contributed by atoms with Crippen LogP contribution in [0.1, 0.15) is 17.2 Å². The average molecular weight is 302 g/mol. The van der Waals surface area contributed by atoms with Crippen LogP contribution >= 0.6 is 24.0 Å². The molecule has 1 saturated heterocycles. The van der Waals surface area contributed by atoms with E-state index in [1.165, 1.54) is 12.1 Å². The van der Waals surface area contributed by atoms with Crippen molar-refractivity contribution in [2.45, 2.75) is 12.2 Å². The molecule has 0 amide bonds. The summed E-state index contributed by atoms with van der Waals surface area (Å²) in [5.41, 5.74) is -0.0951. The molecule has 1 aliphatic heterocycles. The minimum Gasteiger partial charge on any atom is -0.378 e. The van der Waals surface area contributed by atoms with Gasteiger partial charge in [-0.05, 0) is 17.7 Å². The lowest BCUT2D eigenvalue weighted by atomic mass is 10.0. The minimum absolute atomic E-state index is 0. The van der Waals surface area contributed by atoms with Gasteiger partial charge in [0, 0.05) is 6.54 Å². The zero-order chi connectivity index (χ0) is 12.5. The first-order valence-electron chi connectivity index (χ1n) is 5.16. The molecule has 1 atom stereocenters. The molecule has 1 N–H and O–H groups in total. The SMILES string of the molecule is Cl.FC(F)(F)c1ccc([C@H]2COCCN2)cc1Cl. The van der Waals surface area contributed by atoms with E-state index in [1.54, 1.807) is 0 Å². The fourth-order valence-corrected chi connectivity index (χ4v) is 2.05. The fraction of sp³-hybridized carbons (Fsp3) is 0.455. The fourth-order valence-electron chi connectivity index (χ4n) is 1.76. The highest BCUT2D eigenvalue weighted by atomic mass is 35.5. The summed E-state index contributed by atoms with van der Waals surface area (Å²) in [5, 5.41) is 2.88. The van der Waals surface area contributed by atoms with E-state index >= 15 is 0 Å². The van der Waals surface area contributed by atoms with Crippen LogP contribution < -0.4 is 5.32 Å². The molecule has 0 radical (unpaired) electrons. The summed E-state index contributed by atoms with van der Waals surface area (Å²) < 4.78 is 42.7. The van der Waals surface area contributed by atoms with Gasteiger partial charge in [-0.1, -0.05) is 17.7 Å². The maximum atomic E-state index is 12.5. The van der Waals surface area contributed by atoms with Crippen LogP contribution in [0, 0.1) is 0 Å². The van der Waals surface area contributed by atoms with Crippen LogP contribution in [0.25, 0.3) is 0 Å². The Morgan fingerprint density at radius 2 is 2.06 bits per heavy atom. The highest BCUT2D eigenvalue weighted by molar-refractivity contribution is 6.31. The molecule has 0 saturated carbocycles. The van der Waals surface area contributed by atoms with Gasteiger partial charge in [0.05, 0.1) is 29.8 Å². The van der Waals surface area contributed by atoms with Gasteiger partial charge in [0.25, 0.3) is 0 Å². The van der Waals surface area contributed by atoms with Crippen molar-refractivity contribution in [1.29, 1.82) is 0 Å². The lowest BCUT2D eigenvalue weighted by Gasteiger charge is -2.24. The van der Waals surface area contributed by atoms with Gasteiger partial charge < -0.3 is 10.1 Å². The summed E-state index contributed by atoms with van der Waals surface area (Å²) in [4.78, 5) is 0. The molecule has 0 spiro atoms. The highest BCUT2D eigenvalue weighted by Gasteiger charge is 2.33. The van der Waals surface area contributed by atoms with Crippen molar-refractivity contribution in [3.8, 4) is 0 Å². The third-order valence-corrected chi connectivity index (χ3v) is 2.94. The van der Waals surface area contributed by atoms with Gasteiger partial charge in [-0.25, -0.2) is 0 Å². The van der Waals surface area contributed by atoms with Gasteiger partial charge >= 0.3 is 6.18 Å². The molecule has 1 heterocycles. The molecular formula is C11H12Cl2F3NO. The van der Waals surface area contributed by atoms with E-state index in [1.807, 2.05) is 0 Å². The van der Waals surface area contributed by atoms with Gasteiger partial charge in [-0.2, -0.15) is 13.2 Å². The second-order valence-corrected chi connectivity index (χ2v) is 4.23. The lowest BCUT2D eigenvalue weighted by Crippen LogP contribution is -2.34. The maximum absolute atomic E-state index is 12.5. The van der Waals surface area contributed by atoms with Crippen LogP contribution in [0.3, 0.4) is 0 Å². The van der Waals surface area contributed by atoms with Crippen LogP contribution in [0.2, 0.25) is 5.02 Å². The number of rotatable bonds is 1. The van der Waals surface area contributed by atoms with Gasteiger partial charge in [0.2, 0.25) is 0 Å². The molecular weight excluding hydrogens is 290 g/mol. The molecule has 2 nitrogen and oxygen atoms in total. The number of hydrogen-bond acceptors (Lipinski definition) is 2. The van der Waals surface area contributed by atoms with Crippen LogP contribution in [0.4, 0.5) is 13.2 Å². The quantitative estimate of drug-likeness (QED) is 0.858. The third-order valence-electron chi connectivity index (χ3n) is 2.62. The molecule has 1 fully saturated rings. The van der Waals surface area contributed by atoms with E-state index in [9.17, 15) is 13.2 Å². The van der Waals surface area contributed by atoms with E-state index in [-0.39, 0.29) is 23.5 Å². The normalized spacial score (nSPS) is 20.3. The Labute approximate surface area is 114 Å². The van der Waals surface area contributed by atoms with Crippen molar-refractivity contribution in [3.05, 3.63) is 34.3 Å². The monoisotopic (exact) mass is 301 g/mol. The molecule has 2 rings (SSSR count). The second-order valence-electron chi connectivity index (χ2n) is 3.82. The third kappa shape index (κ3) is 3.51. The van der Waals surface area contributed by atoms with Crippen molar-refractivity contribution in [2.75, 3.05) is 19.8 Å². The average Bonchev–Trinajstić information content (AvgIpc) is 2.28. The number of nitrogens with one attached hydrogen (secondary N) is 1. The van der Waals surface area contributed by atoms with Crippen LogP contribution in [0.15, 0.2) is 18.2 Å². The molecule has 1 aromatic carbocycles. The first-order chi connectivity index (χ1) is 7.98. The molecule has 18 heavy (non-hydrogen) atoms. The number of alkyl halides is 3. The second kappa shape index (κ2) is 6.10. The molecule has 1 aromatic rings. The Morgan fingerprint density at radius 3 is 2.56 bits per heavy atom. The van der Waals surface area contributed by atoms with E-state index in [0.29, 0.717) is 25.3 Å². The predicted octanol–water partition coefficient (Wildman–Crippen LogP) is 3.44. The molecule has 102 valence electrons. The maximum Gasteiger partial charge on any atom is 0.417 e. The summed E-state index contributed by atoms with van der Waals surface area (Å²) in [7, 11) is 0. The molecule has 1 aliphatic rings. The van der Waals surface area contributed by atoms with Crippen LogP contribution in [0.5, 0.6) is 0 Å².